The first-order valence-electron chi connectivity index (χ1n) is 7.44. The summed E-state index contributed by atoms with van der Waals surface area (Å²) < 4.78 is 13.1. The molecule has 0 aliphatic carbocycles. The molecule has 5 N–H and O–H groups in total. The summed E-state index contributed by atoms with van der Waals surface area (Å²) in [6.07, 6.45) is -1.06. The quantitative estimate of drug-likeness (QED) is 0.458. The molecule has 0 saturated carbocycles. The zero-order valence-electron chi connectivity index (χ0n) is 13.2. The molecule has 3 amide bonds. The van der Waals surface area contributed by atoms with Crippen molar-refractivity contribution >= 4 is 28.6 Å². The van der Waals surface area contributed by atoms with Gasteiger partial charge in [-0.1, -0.05) is 12.1 Å². The minimum absolute atomic E-state index is 0.208. The van der Waals surface area contributed by atoms with Gasteiger partial charge in [-0.2, -0.15) is 0 Å². The smallest absolute Gasteiger partial charge is 0.404 e. The highest BCUT2D eigenvalue weighted by atomic mass is 32.1. The van der Waals surface area contributed by atoms with E-state index in [9.17, 15) is 14.0 Å². The second-order valence-electron chi connectivity index (χ2n) is 4.99. The highest BCUT2D eigenvalue weighted by Crippen LogP contribution is 2.15. The van der Waals surface area contributed by atoms with E-state index >= 15 is 0 Å². The normalized spacial score (nSPS) is 10.3. The maximum atomic E-state index is 13.1. The van der Waals surface area contributed by atoms with Gasteiger partial charge in [0.05, 0.1) is 5.69 Å². The van der Waals surface area contributed by atoms with E-state index in [1.807, 2.05) is 0 Å². The van der Waals surface area contributed by atoms with E-state index in [0.29, 0.717) is 30.3 Å². The summed E-state index contributed by atoms with van der Waals surface area (Å²) >= 11 is 1.28. The van der Waals surface area contributed by atoms with Gasteiger partial charge in [-0.25, -0.2) is 19.0 Å². The van der Waals surface area contributed by atoms with Crippen molar-refractivity contribution in [2.45, 2.75) is 13.1 Å². The first-order chi connectivity index (χ1) is 12.0. The van der Waals surface area contributed by atoms with Crippen LogP contribution in [0.25, 0.3) is 0 Å². The molecule has 8 nitrogen and oxygen atoms in total. The third-order valence-corrected chi connectivity index (χ3v) is 3.80. The van der Waals surface area contributed by atoms with Crippen LogP contribution in [0.4, 0.5) is 19.1 Å². The Kier molecular flexibility index (Phi) is 7.11. The number of amides is 3. The number of carbonyl (C=O) groups excluding carboxylic acids is 1. The van der Waals surface area contributed by atoms with Crippen molar-refractivity contribution in [1.29, 1.82) is 0 Å². The molecule has 1 heterocycles. The van der Waals surface area contributed by atoms with E-state index in [2.05, 4.69) is 26.3 Å². The molecule has 0 bridgehead atoms. The lowest BCUT2D eigenvalue weighted by Gasteiger charge is -2.05. The number of benzene rings is 1. The summed E-state index contributed by atoms with van der Waals surface area (Å²) in [5.74, 6) is -0.352. The SMILES string of the molecule is O=C(O)NCCNCc1csc(NC(=O)NCc2cccc(F)c2)n1. The molecule has 2 aromatic rings. The summed E-state index contributed by atoms with van der Waals surface area (Å²) in [7, 11) is 0. The summed E-state index contributed by atoms with van der Waals surface area (Å²) in [5.41, 5.74) is 1.40. The van der Waals surface area contributed by atoms with Crippen molar-refractivity contribution < 1.29 is 19.1 Å². The summed E-state index contributed by atoms with van der Waals surface area (Å²) in [4.78, 5) is 26.3. The molecule has 25 heavy (non-hydrogen) atoms. The lowest BCUT2D eigenvalue weighted by Crippen LogP contribution is -2.30. The van der Waals surface area contributed by atoms with Crippen molar-refractivity contribution in [2.75, 3.05) is 18.4 Å². The van der Waals surface area contributed by atoms with Gasteiger partial charge in [-0.05, 0) is 17.7 Å². The Morgan fingerprint density at radius 2 is 2.04 bits per heavy atom. The van der Waals surface area contributed by atoms with Gasteiger partial charge in [0.2, 0.25) is 0 Å². The number of anilines is 1. The van der Waals surface area contributed by atoms with Crippen LogP contribution in [0.3, 0.4) is 0 Å². The maximum Gasteiger partial charge on any atom is 0.404 e. The van der Waals surface area contributed by atoms with Crippen LogP contribution >= 0.6 is 11.3 Å². The fourth-order valence-electron chi connectivity index (χ4n) is 1.89. The summed E-state index contributed by atoms with van der Waals surface area (Å²) in [5, 5.41) is 21.2. The molecule has 0 spiro atoms. The molecular weight excluding hydrogens is 349 g/mol. The molecule has 0 radical (unpaired) electrons. The van der Waals surface area contributed by atoms with E-state index in [0.717, 1.165) is 5.69 Å². The lowest BCUT2D eigenvalue weighted by molar-refractivity contribution is 0.194. The number of halogens is 1. The van der Waals surface area contributed by atoms with Gasteiger partial charge in [0, 0.05) is 31.6 Å². The molecule has 1 aromatic carbocycles. The summed E-state index contributed by atoms with van der Waals surface area (Å²) in [6.45, 7) is 1.44. The standard InChI is InChI=1S/C15H18FN5O3S/c16-11-3-1-2-10(6-11)7-19-13(22)21-14-20-12(9-25-14)8-17-4-5-18-15(23)24/h1-3,6,9,17-18H,4-5,7-8H2,(H,23,24)(H2,19,20,21,22). The van der Waals surface area contributed by atoms with Crippen LogP contribution in [0, 0.1) is 5.82 Å². The Bertz CT molecular complexity index is 725. The van der Waals surface area contributed by atoms with Crippen LogP contribution in [0.15, 0.2) is 29.6 Å². The van der Waals surface area contributed by atoms with Crippen LogP contribution in [0.1, 0.15) is 11.3 Å². The maximum absolute atomic E-state index is 13.1. The molecule has 1 aromatic heterocycles. The Morgan fingerprint density at radius 1 is 1.20 bits per heavy atom. The number of hydrogen-bond acceptors (Lipinski definition) is 5. The Balaban J connectivity index is 1.69. The zero-order valence-corrected chi connectivity index (χ0v) is 14.0. The lowest BCUT2D eigenvalue weighted by atomic mass is 10.2. The fourth-order valence-corrected chi connectivity index (χ4v) is 2.60. The average Bonchev–Trinajstić information content (AvgIpc) is 3.00. The highest BCUT2D eigenvalue weighted by molar-refractivity contribution is 7.13. The first-order valence-corrected chi connectivity index (χ1v) is 8.32. The van der Waals surface area contributed by atoms with Gasteiger partial charge in [0.25, 0.3) is 0 Å². The zero-order chi connectivity index (χ0) is 18.1. The Morgan fingerprint density at radius 3 is 2.80 bits per heavy atom. The molecular formula is C15H18FN5O3S. The molecule has 0 saturated heterocycles. The third kappa shape index (κ3) is 7.14. The van der Waals surface area contributed by atoms with Crippen LogP contribution in [-0.4, -0.2) is 35.3 Å². The number of urea groups is 1. The molecule has 0 fully saturated rings. The molecule has 0 aliphatic heterocycles. The fraction of sp³-hybridized carbons (Fsp3) is 0.267. The summed E-state index contributed by atoms with van der Waals surface area (Å²) in [6, 6.07) is 5.56. The molecule has 134 valence electrons. The predicted octanol–water partition coefficient (Wildman–Crippen LogP) is 1.96. The minimum Gasteiger partial charge on any atom is -0.465 e. The van der Waals surface area contributed by atoms with Gasteiger partial charge in [-0.15, -0.1) is 11.3 Å². The minimum atomic E-state index is -1.06. The second kappa shape index (κ2) is 9.55. The number of nitrogens with one attached hydrogen (secondary N) is 4. The molecule has 0 atom stereocenters. The van der Waals surface area contributed by atoms with Crippen molar-refractivity contribution in [2.24, 2.45) is 0 Å². The number of nitrogens with zero attached hydrogens (tertiary/aromatic N) is 1. The third-order valence-electron chi connectivity index (χ3n) is 3.00. The number of hydrogen-bond donors (Lipinski definition) is 5. The van der Waals surface area contributed by atoms with Gasteiger partial charge < -0.3 is 21.1 Å². The monoisotopic (exact) mass is 367 g/mol. The topological polar surface area (TPSA) is 115 Å². The highest BCUT2D eigenvalue weighted by Gasteiger charge is 2.06. The van der Waals surface area contributed by atoms with E-state index in [4.69, 9.17) is 5.11 Å². The average molecular weight is 367 g/mol. The van der Waals surface area contributed by atoms with Crippen LogP contribution in [-0.2, 0) is 13.1 Å². The number of aromatic nitrogens is 1. The van der Waals surface area contributed by atoms with Crippen LogP contribution < -0.4 is 21.3 Å². The molecule has 0 unspecified atom stereocenters. The predicted molar refractivity (Wildman–Crippen MR) is 92.1 cm³/mol. The van der Waals surface area contributed by atoms with E-state index in [1.54, 1.807) is 17.5 Å². The van der Waals surface area contributed by atoms with E-state index < -0.39 is 12.1 Å². The van der Waals surface area contributed by atoms with E-state index in [1.165, 1.54) is 23.5 Å². The van der Waals surface area contributed by atoms with Crippen LogP contribution in [0.5, 0.6) is 0 Å². The number of carbonyl (C=O) groups is 2. The number of carboxylic acid groups (broad SMARTS) is 1. The van der Waals surface area contributed by atoms with Gasteiger partial charge in [-0.3, -0.25) is 5.32 Å². The van der Waals surface area contributed by atoms with Gasteiger partial charge in [0.1, 0.15) is 5.82 Å². The Labute approximate surface area is 147 Å². The van der Waals surface area contributed by atoms with Gasteiger partial charge >= 0.3 is 12.1 Å². The van der Waals surface area contributed by atoms with Gasteiger partial charge in [0.15, 0.2) is 5.13 Å². The molecule has 2 rings (SSSR count). The second-order valence-corrected chi connectivity index (χ2v) is 5.85. The van der Waals surface area contributed by atoms with Crippen LogP contribution in [0.2, 0.25) is 0 Å². The number of rotatable bonds is 8. The Hall–Kier alpha value is -2.72. The largest absolute Gasteiger partial charge is 0.465 e. The number of thiazole rings is 1. The molecule has 0 aliphatic rings. The van der Waals surface area contributed by atoms with E-state index in [-0.39, 0.29) is 12.4 Å². The van der Waals surface area contributed by atoms with Crippen molar-refractivity contribution in [1.82, 2.24) is 20.9 Å². The van der Waals surface area contributed by atoms with Crippen molar-refractivity contribution in [3.63, 3.8) is 0 Å². The molecule has 10 heteroatoms. The first kappa shape index (κ1) is 18.6. The van der Waals surface area contributed by atoms with Crippen molar-refractivity contribution in [3.8, 4) is 0 Å². The van der Waals surface area contributed by atoms with Crippen molar-refractivity contribution in [3.05, 3.63) is 46.7 Å².